The van der Waals surface area contributed by atoms with Gasteiger partial charge in [-0.25, -0.2) is 18.4 Å². The molecule has 0 aliphatic rings. The number of nitrogens with two attached hydrogens (primary N) is 1. The Labute approximate surface area is 107 Å². The maximum absolute atomic E-state index is 11.7. The van der Waals surface area contributed by atoms with E-state index in [0.29, 0.717) is 12.5 Å². The van der Waals surface area contributed by atoms with Gasteiger partial charge in [0.05, 0.1) is 6.61 Å². The summed E-state index contributed by atoms with van der Waals surface area (Å²) >= 11 is 0. The smallest absolute Gasteiger partial charge is 0.354 e. The Balaban J connectivity index is 2.78. The van der Waals surface area contributed by atoms with Crippen molar-refractivity contribution in [2.75, 3.05) is 6.61 Å². The maximum atomic E-state index is 11.7. The van der Waals surface area contributed by atoms with E-state index in [-0.39, 0.29) is 10.6 Å². The average Bonchev–Trinajstić information content (AvgIpc) is 2.59. The molecular weight excluding hydrogens is 256 g/mol. The number of ether oxygens (including phenoxy) is 1. The average molecular weight is 274 g/mol. The quantitative estimate of drug-likeness (QED) is 0.807. The molecule has 18 heavy (non-hydrogen) atoms. The van der Waals surface area contributed by atoms with Crippen molar-refractivity contribution in [1.82, 2.24) is 4.57 Å². The van der Waals surface area contributed by atoms with Crippen molar-refractivity contribution in [3.63, 3.8) is 0 Å². The zero-order chi connectivity index (χ0) is 13.9. The fourth-order valence-corrected chi connectivity index (χ4v) is 1.93. The minimum atomic E-state index is -3.80. The van der Waals surface area contributed by atoms with E-state index in [1.807, 2.05) is 13.8 Å². The summed E-state index contributed by atoms with van der Waals surface area (Å²) in [7, 11) is -2.24. The first-order chi connectivity index (χ1) is 8.21. The van der Waals surface area contributed by atoms with Crippen molar-refractivity contribution >= 4 is 16.0 Å². The number of carbonyl (C=O) groups excluding carboxylic acids is 1. The minimum absolute atomic E-state index is 0.0965. The van der Waals surface area contributed by atoms with Gasteiger partial charge in [0, 0.05) is 13.2 Å². The van der Waals surface area contributed by atoms with Crippen LogP contribution in [0.25, 0.3) is 0 Å². The van der Waals surface area contributed by atoms with E-state index in [1.54, 1.807) is 7.05 Å². The summed E-state index contributed by atoms with van der Waals surface area (Å²) in [5.41, 5.74) is 0.169. The maximum Gasteiger partial charge on any atom is 0.354 e. The van der Waals surface area contributed by atoms with E-state index in [2.05, 4.69) is 0 Å². The molecule has 0 aliphatic heterocycles. The third-order valence-corrected chi connectivity index (χ3v) is 3.33. The predicted octanol–water partition coefficient (Wildman–Crippen LogP) is 0.875. The van der Waals surface area contributed by atoms with Crippen LogP contribution in [-0.4, -0.2) is 25.6 Å². The summed E-state index contributed by atoms with van der Waals surface area (Å²) in [6, 6.07) is 1.22. The molecule has 1 heterocycles. The summed E-state index contributed by atoms with van der Waals surface area (Å²) in [5.74, 6) is -0.112. The fraction of sp³-hybridized carbons (Fsp3) is 0.545. The summed E-state index contributed by atoms with van der Waals surface area (Å²) in [5, 5.41) is 4.99. The number of aromatic nitrogens is 1. The lowest BCUT2D eigenvalue weighted by Crippen LogP contribution is -2.11. The Hall–Kier alpha value is -1.34. The van der Waals surface area contributed by atoms with E-state index in [0.717, 1.165) is 6.42 Å². The standard InChI is InChI=1S/C11H18N2O4S/c1-8(2)4-5-17-11(14)10-6-9(7-13(10)3)18(12,15)16/h6-8H,4-5H2,1-3H3,(H2,12,15,16). The lowest BCUT2D eigenvalue weighted by molar-refractivity contribution is 0.0477. The Kier molecular flexibility index (Phi) is 4.53. The van der Waals surface area contributed by atoms with Gasteiger partial charge in [-0.3, -0.25) is 0 Å². The molecule has 0 radical (unpaired) electrons. The van der Waals surface area contributed by atoms with Crippen LogP contribution in [0.4, 0.5) is 0 Å². The van der Waals surface area contributed by atoms with E-state index in [4.69, 9.17) is 9.88 Å². The molecule has 1 aromatic heterocycles. The van der Waals surface area contributed by atoms with Crippen molar-refractivity contribution in [1.29, 1.82) is 0 Å². The first-order valence-corrected chi connectivity index (χ1v) is 7.12. The Morgan fingerprint density at radius 2 is 2.11 bits per heavy atom. The van der Waals surface area contributed by atoms with Crippen LogP contribution in [0.15, 0.2) is 17.2 Å². The largest absolute Gasteiger partial charge is 0.461 e. The molecule has 0 fully saturated rings. The van der Waals surface area contributed by atoms with Crippen molar-refractivity contribution in [3.8, 4) is 0 Å². The van der Waals surface area contributed by atoms with Crippen molar-refractivity contribution < 1.29 is 17.9 Å². The lowest BCUT2D eigenvalue weighted by Gasteiger charge is -2.06. The van der Waals surface area contributed by atoms with Crippen LogP contribution in [0.3, 0.4) is 0 Å². The Morgan fingerprint density at radius 1 is 1.50 bits per heavy atom. The first-order valence-electron chi connectivity index (χ1n) is 5.58. The molecular formula is C11H18N2O4S. The number of primary sulfonamides is 1. The zero-order valence-electron chi connectivity index (χ0n) is 10.7. The highest BCUT2D eigenvalue weighted by molar-refractivity contribution is 7.89. The van der Waals surface area contributed by atoms with Gasteiger partial charge in [0.25, 0.3) is 0 Å². The van der Waals surface area contributed by atoms with Gasteiger partial charge in [-0.15, -0.1) is 0 Å². The molecule has 102 valence electrons. The van der Waals surface area contributed by atoms with Crippen LogP contribution >= 0.6 is 0 Å². The molecule has 0 aliphatic carbocycles. The monoisotopic (exact) mass is 274 g/mol. The van der Waals surface area contributed by atoms with E-state index in [1.165, 1.54) is 16.8 Å². The third-order valence-electron chi connectivity index (χ3n) is 2.45. The molecule has 0 atom stereocenters. The topological polar surface area (TPSA) is 91.4 Å². The molecule has 0 saturated heterocycles. The van der Waals surface area contributed by atoms with E-state index < -0.39 is 16.0 Å². The molecule has 0 spiro atoms. The molecule has 0 amide bonds. The van der Waals surface area contributed by atoms with Gasteiger partial charge in [0.1, 0.15) is 10.6 Å². The number of esters is 1. The normalized spacial score (nSPS) is 11.8. The van der Waals surface area contributed by atoms with Gasteiger partial charge in [-0.1, -0.05) is 13.8 Å². The Morgan fingerprint density at radius 3 is 2.56 bits per heavy atom. The molecule has 0 saturated carbocycles. The molecule has 1 rings (SSSR count). The molecule has 7 heteroatoms. The van der Waals surface area contributed by atoms with Gasteiger partial charge >= 0.3 is 5.97 Å². The third kappa shape index (κ3) is 3.85. The van der Waals surface area contributed by atoms with Gasteiger partial charge in [0.2, 0.25) is 10.0 Å². The van der Waals surface area contributed by atoms with E-state index in [9.17, 15) is 13.2 Å². The molecule has 0 bridgehead atoms. The van der Waals surface area contributed by atoms with Crippen LogP contribution in [0.1, 0.15) is 30.8 Å². The lowest BCUT2D eigenvalue weighted by atomic mass is 10.1. The zero-order valence-corrected chi connectivity index (χ0v) is 11.5. The van der Waals surface area contributed by atoms with Crippen LogP contribution in [0, 0.1) is 5.92 Å². The van der Waals surface area contributed by atoms with Gasteiger partial charge < -0.3 is 9.30 Å². The Bertz CT molecular complexity index is 531. The molecule has 1 aromatic rings. The highest BCUT2D eigenvalue weighted by Gasteiger charge is 2.18. The first kappa shape index (κ1) is 14.7. The summed E-state index contributed by atoms with van der Waals surface area (Å²) in [6.07, 6.45) is 2.05. The van der Waals surface area contributed by atoms with Gasteiger partial charge in [0.15, 0.2) is 0 Å². The number of rotatable bonds is 5. The van der Waals surface area contributed by atoms with Crippen LogP contribution in [0.2, 0.25) is 0 Å². The molecule has 2 N–H and O–H groups in total. The SMILES string of the molecule is CC(C)CCOC(=O)c1cc(S(N)(=O)=O)cn1C. The van der Waals surface area contributed by atoms with Crippen LogP contribution < -0.4 is 5.14 Å². The summed E-state index contributed by atoms with van der Waals surface area (Å²) < 4.78 is 28.7. The summed E-state index contributed by atoms with van der Waals surface area (Å²) in [6.45, 7) is 4.36. The number of nitrogens with zero attached hydrogens (tertiary/aromatic N) is 1. The molecule has 0 aromatic carbocycles. The van der Waals surface area contributed by atoms with Crippen molar-refractivity contribution in [3.05, 3.63) is 18.0 Å². The second-order valence-electron chi connectivity index (χ2n) is 4.54. The molecule has 6 nitrogen and oxygen atoms in total. The van der Waals surface area contributed by atoms with Crippen molar-refractivity contribution in [2.24, 2.45) is 18.1 Å². The van der Waals surface area contributed by atoms with E-state index >= 15 is 0 Å². The van der Waals surface area contributed by atoms with Crippen molar-refractivity contribution in [2.45, 2.75) is 25.2 Å². The number of aryl methyl sites for hydroxylation is 1. The van der Waals surface area contributed by atoms with Gasteiger partial charge in [-0.2, -0.15) is 0 Å². The number of sulfonamides is 1. The number of carbonyl (C=O) groups is 1. The van der Waals surface area contributed by atoms with Crippen LogP contribution in [-0.2, 0) is 21.8 Å². The highest BCUT2D eigenvalue weighted by atomic mass is 32.2. The van der Waals surface area contributed by atoms with Gasteiger partial charge in [-0.05, 0) is 18.4 Å². The summed E-state index contributed by atoms with van der Waals surface area (Å²) in [4.78, 5) is 11.6. The second kappa shape index (κ2) is 5.53. The number of hydrogen-bond acceptors (Lipinski definition) is 4. The van der Waals surface area contributed by atoms with Crippen LogP contribution in [0.5, 0.6) is 0 Å². The number of hydrogen-bond donors (Lipinski definition) is 1. The minimum Gasteiger partial charge on any atom is -0.461 e. The second-order valence-corrected chi connectivity index (χ2v) is 6.10. The molecule has 0 unspecified atom stereocenters. The highest BCUT2D eigenvalue weighted by Crippen LogP contribution is 2.13. The predicted molar refractivity (Wildman–Crippen MR) is 66.5 cm³/mol. The fourth-order valence-electron chi connectivity index (χ4n) is 1.35.